The average molecular weight is 526 g/mol. The van der Waals surface area contributed by atoms with Gasteiger partial charge in [0.1, 0.15) is 35.3 Å². The zero-order valence-electron chi connectivity index (χ0n) is 18.2. The van der Waals surface area contributed by atoms with Crippen LogP contribution >= 0.6 is 0 Å². The lowest BCUT2D eigenvalue weighted by Crippen LogP contribution is -2.61. The number of anilines is 1. The Bertz CT molecular complexity index is 1480. The minimum atomic E-state index is -6.08. The standard InChI is InChI=1S/C21H13F7N8O/c22-13-4-2-1-3-11(13)5-14-18-32-10-33-36(18)8-15(34-14)17-30-7-12(6-29)16(35-17)31-9-19(37,20(23,24)25)21(26,27)28/h1-4,7-8,10,37H,5,9H2,(H,30,31,35). The molecule has 16 heteroatoms. The van der Waals surface area contributed by atoms with Crippen molar-refractivity contribution in [2.24, 2.45) is 0 Å². The molecule has 1 aromatic carbocycles. The molecule has 4 aromatic rings. The van der Waals surface area contributed by atoms with E-state index in [0.29, 0.717) is 0 Å². The second-order valence-corrected chi connectivity index (χ2v) is 7.65. The molecule has 37 heavy (non-hydrogen) atoms. The van der Waals surface area contributed by atoms with Crippen LogP contribution in [-0.4, -0.2) is 59.2 Å². The Balaban J connectivity index is 1.74. The fourth-order valence-electron chi connectivity index (χ4n) is 3.23. The molecule has 0 saturated heterocycles. The molecule has 0 saturated carbocycles. The predicted molar refractivity (Wildman–Crippen MR) is 111 cm³/mol. The van der Waals surface area contributed by atoms with Gasteiger partial charge in [-0.1, -0.05) is 18.2 Å². The van der Waals surface area contributed by atoms with Crippen LogP contribution in [0.15, 0.2) is 43.0 Å². The van der Waals surface area contributed by atoms with Crippen molar-refractivity contribution in [1.82, 2.24) is 29.5 Å². The highest BCUT2D eigenvalue weighted by molar-refractivity contribution is 5.60. The molecule has 0 atom stereocenters. The van der Waals surface area contributed by atoms with Gasteiger partial charge in [-0.05, 0) is 11.6 Å². The molecular formula is C21H13F7N8O. The third-order valence-electron chi connectivity index (χ3n) is 5.23. The molecule has 0 aliphatic rings. The molecule has 192 valence electrons. The highest BCUT2D eigenvalue weighted by atomic mass is 19.4. The number of alkyl halides is 6. The number of halogens is 7. The molecule has 0 radical (unpaired) electrons. The average Bonchev–Trinajstić information content (AvgIpc) is 3.31. The Labute approximate surface area is 202 Å². The van der Waals surface area contributed by atoms with Crippen LogP contribution in [0.25, 0.3) is 17.2 Å². The largest absolute Gasteiger partial charge is 0.428 e. The first-order chi connectivity index (χ1) is 17.3. The van der Waals surface area contributed by atoms with Gasteiger partial charge in [-0.2, -0.15) is 36.7 Å². The maximum absolute atomic E-state index is 14.2. The second kappa shape index (κ2) is 9.24. The number of hydrogen-bond donors (Lipinski definition) is 2. The first kappa shape index (κ1) is 25.7. The molecule has 0 aliphatic heterocycles. The van der Waals surface area contributed by atoms with E-state index in [0.717, 1.165) is 6.20 Å². The molecule has 0 amide bonds. The zero-order valence-corrected chi connectivity index (χ0v) is 18.2. The summed E-state index contributed by atoms with van der Waals surface area (Å²) in [6, 6.07) is 7.40. The molecule has 0 fully saturated rings. The number of benzene rings is 1. The first-order valence-corrected chi connectivity index (χ1v) is 10.1. The minimum Gasteiger partial charge on any atom is -0.372 e. The number of nitriles is 1. The van der Waals surface area contributed by atoms with Gasteiger partial charge in [-0.3, -0.25) is 0 Å². The molecule has 9 nitrogen and oxygen atoms in total. The van der Waals surface area contributed by atoms with Gasteiger partial charge in [-0.25, -0.2) is 28.8 Å². The summed E-state index contributed by atoms with van der Waals surface area (Å²) in [5.41, 5.74) is -4.95. The van der Waals surface area contributed by atoms with E-state index < -0.39 is 41.7 Å². The van der Waals surface area contributed by atoms with E-state index in [1.807, 2.05) is 0 Å². The molecule has 0 aliphatic carbocycles. The van der Waals surface area contributed by atoms with Crippen molar-refractivity contribution in [3.05, 3.63) is 65.6 Å². The van der Waals surface area contributed by atoms with E-state index in [2.05, 4.69) is 25.0 Å². The number of fused-ring (bicyclic) bond motifs is 1. The molecular weight excluding hydrogens is 513 g/mol. The van der Waals surface area contributed by atoms with Crippen LogP contribution < -0.4 is 5.32 Å². The normalized spacial score (nSPS) is 12.5. The van der Waals surface area contributed by atoms with Gasteiger partial charge in [-0.15, -0.1) is 0 Å². The lowest BCUT2D eigenvalue weighted by molar-refractivity contribution is -0.362. The van der Waals surface area contributed by atoms with Crippen LogP contribution in [0.5, 0.6) is 0 Å². The number of nitrogens with zero attached hydrogens (tertiary/aromatic N) is 7. The van der Waals surface area contributed by atoms with Crippen LogP contribution in [0.4, 0.5) is 36.6 Å². The van der Waals surface area contributed by atoms with Gasteiger partial charge >= 0.3 is 12.4 Å². The number of aromatic nitrogens is 6. The number of nitrogens with one attached hydrogen (secondary N) is 1. The van der Waals surface area contributed by atoms with E-state index in [4.69, 9.17) is 0 Å². The van der Waals surface area contributed by atoms with E-state index in [9.17, 15) is 41.1 Å². The van der Waals surface area contributed by atoms with Crippen molar-refractivity contribution in [2.75, 3.05) is 11.9 Å². The zero-order chi connectivity index (χ0) is 27.0. The van der Waals surface area contributed by atoms with Crippen molar-refractivity contribution in [3.63, 3.8) is 0 Å². The summed E-state index contributed by atoms with van der Waals surface area (Å²) in [6.45, 7) is -2.08. The highest BCUT2D eigenvalue weighted by Crippen LogP contribution is 2.43. The summed E-state index contributed by atoms with van der Waals surface area (Å²) >= 11 is 0. The summed E-state index contributed by atoms with van der Waals surface area (Å²) in [4.78, 5) is 16.1. The van der Waals surface area contributed by atoms with Gasteiger partial charge in [0.15, 0.2) is 11.5 Å². The molecule has 0 unspecified atom stereocenters. The lowest BCUT2D eigenvalue weighted by Gasteiger charge is -2.32. The number of hydrogen-bond acceptors (Lipinski definition) is 8. The third kappa shape index (κ3) is 4.85. The van der Waals surface area contributed by atoms with Crippen molar-refractivity contribution < 1.29 is 35.8 Å². The van der Waals surface area contributed by atoms with Crippen LogP contribution in [0.2, 0.25) is 0 Å². The van der Waals surface area contributed by atoms with Crippen molar-refractivity contribution in [2.45, 2.75) is 24.4 Å². The van der Waals surface area contributed by atoms with Gasteiger partial charge in [0.25, 0.3) is 5.60 Å². The number of rotatable bonds is 6. The quantitative estimate of drug-likeness (QED) is 0.366. The second-order valence-electron chi connectivity index (χ2n) is 7.65. The SMILES string of the molecule is N#Cc1cnc(-c2cn3ncnc3c(Cc3ccccc3F)n2)nc1NCC(O)(C(F)(F)F)C(F)(F)F. The van der Waals surface area contributed by atoms with Crippen molar-refractivity contribution >= 4 is 11.5 Å². The van der Waals surface area contributed by atoms with Crippen LogP contribution in [0.3, 0.4) is 0 Å². The maximum atomic E-state index is 14.2. The Morgan fingerprint density at radius 2 is 1.73 bits per heavy atom. The molecule has 3 aromatic heterocycles. The third-order valence-corrected chi connectivity index (χ3v) is 5.23. The molecule has 4 rings (SSSR count). The fraction of sp³-hybridized carbons (Fsp3) is 0.238. The van der Waals surface area contributed by atoms with E-state index in [-0.39, 0.29) is 34.8 Å². The van der Waals surface area contributed by atoms with Crippen LogP contribution in [0.1, 0.15) is 16.8 Å². The van der Waals surface area contributed by atoms with E-state index in [1.165, 1.54) is 35.2 Å². The summed E-state index contributed by atoms with van der Waals surface area (Å²) in [7, 11) is 0. The van der Waals surface area contributed by atoms with E-state index >= 15 is 0 Å². The van der Waals surface area contributed by atoms with E-state index in [1.54, 1.807) is 17.5 Å². The Morgan fingerprint density at radius 1 is 1.03 bits per heavy atom. The smallest absolute Gasteiger partial charge is 0.372 e. The van der Waals surface area contributed by atoms with Gasteiger partial charge in [0.05, 0.1) is 24.6 Å². The fourth-order valence-corrected chi connectivity index (χ4v) is 3.23. The molecule has 0 spiro atoms. The van der Waals surface area contributed by atoms with Crippen LogP contribution in [0, 0.1) is 17.1 Å². The summed E-state index contributed by atoms with van der Waals surface area (Å²) in [6.07, 6.45) is -8.89. The Morgan fingerprint density at radius 3 is 2.38 bits per heavy atom. The predicted octanol–water partition coefficient (Wildman–Crippen LogP) is 3.45. The van der Waals surface area contributed by atoms with Gasteiger partial charge in [0.2, 0.25) is 0 Å². The monoisotopic (exact) mass is 526 g/mol. The Kier molecular flexibility index (Phi) is 6.42. The topological polar surface area (TPSA) is 125 Å². The minimum absolute atomic E-state index is 0.0473. The summed E-state index contributed by atoms with van der Waals surface area (Å²) in [5.74, 6) is -1.54. The van der Waals surface area contributed by atoms with Crippen LogP contribution in [-0.2, 0) is 6.42 Å². The first-order valence-electron chi connectivity index (χ1n) is 10.1. The number of aliphatic hydroxyl groups is 1. The van der Waals surface area contributed by atoms with Gasteiger partial charge in [0, 0.05) is 6.42 Å². The van der Waals surface area contributed by atoms with Crippen molar-refractivity contribution in [1.29, 1.82) is 5.26 Å². The summed E-state index contributed by atoms with van der Waals surface area (Å²) < 4.78 is 93.7. The molecule has 3 heterocycles. The summed E-state index contributed by atoms with van der Waals surface area (Å²) in [5, 5.41) is 24.3. The Hall–Kier alpha value is -4.39. The molecule has 0 bridgehead atoms. The lowest BCUT2D eigenvalue weighted by atomic mass is 10.0. The maximum Gasteiger partial charge on any atom is 0.428 e. The highest BCUT2D eigenvalue weighted by Gasteiger charge is 2.70. The van der Waals surface area contributed by atoms with Gasteiger partial charge < -0.3 is 10.4 Å². The van der Waals surface area contributed by atoms with Crippen molar-refractivity contribution in [3.8, 4) is 17.6 Å². The molecule has 2 N–H and O–H groups in total.